The summed E-state index contributed by atoms with van der Waals surface area (Å²) in [6, 6.07) is -0.118. The summed E-state index contributed by atoms with van der Waals surface area (Å²) < 4.78 is 5.75. The standard InChI is InChI=1S/C15H27N3O/c1-5-12(16)14-18-17-13(19-14)10-6-8-11(9-7-10)15(2,3)4/h10-12H,5-9,16H2,1-4H3. The van der Waals surface area contributed by atoms with E-state index in [1.807, 2.05) is 6.92 Å². The van der Waals surface area contributed by atoms with Crippen molar-refractivity contribution in [3.05, 3.63) is 11.8 Å². The van der Waals surface area contributed by atoms with Crippen molar-refractivity contribution in [3.8, 4) is 0 Å². The molecule has 108 valence electrons. The van der Waals surface area contributed by atoms with Crippen molar-refractivity contribution in [1.82, 2.24) is 10.2 Å². The van der Waals surface area contributed by atoms with Gasteiger partial charge in [-0.05, 0) is 43.4 Å². The van der Waals surface area contributed by atoms with Crippen molar-refractivity contribution < 1.29 is 4.42 Å². The summed E-state index contributed by atoms with van der Waals surface area (Å²) >= 11 is 0. The molecule has 0 aliphatic heterocycles. The molecule has 0 amide bonds. The third-order valence-electron chi connectivity index (χ3n) is 4.51. The minimum Gasteiger partial charge on any atom is -0.423 e. The quantitative estimate of drug-likeness (QED) is 0.902. The maximum atomic E-state index is 5.92. The van der Waals surface area contributed by atoms with Crippen LogP contribution in [0.4, 0.5) is 0 Å². The first-order valence-corrected chi connectivity index (χ1v) is 7.50. The molecule has 1 saturated carbocycles. The molecular weight excluding hydrogens is 238 g/mol. The highest BCUT2D eigenvalue weighted by Gasteiger charge is 2.32. The van der Waals surface area contributed by atoms with Gasteiger partial charge in [0.15, 0.2) is 0 Å². The zero-order valence-electron chi connectivity index (χ0n) is 12.6. The van der Waals surface area contributed by atoms with Gasteiger partial charge in [0.1, 0.15) is 0 Å². The van der Waals surface area contributed by atoms with Crippen LogP contribution in [0, 0.1) is 11.3 Å². The molecule has 1 aromatic heterocycles. The van der Waals surface area contributed by atoms with Gasteiger partial charge in [0.25, 0.3) is 0 Å². The van der Waals surface area contributed by atoms with E-state index in [0.29, 0.717) is 17.2 Å². The van der Waals surface area contributed by atoms with Gasteiger partial charge in [0.2, 0.25) is 11.8 Å². The molecule has 1 aliphatic carbocycles. The summed E-state index contributed by atoms with van der Waals surface area (Å²) in [5, 5.41) is 8.29. The summed E-state index contributed by atoms with van der Waals surface area (Å²) in [6.45, 7) is 9.04. The Morgan fingerprint density at radius 2 is 1.84 bits per heavy atom. The fourth-order valence-electron chi connectivity index (χ4n) is 2.94. The Morgan fingerprint density at radius 1 is 1.21 bits per heavy atom. The van der Waals surface area contributed by atoms with Gasteiger partial charge < -0.3 is 10.2 Å². The van der Waals surface area contributed by atoms with Gasteiger partial charge in [-0.15, -0.1) is 10.2 Å². The third kappa shape index (κ3) is 3.35. The largest absolute Gasteiger partial charge is 0.423 e. The van der Waals surface area contributed by atoms with Crippen molar-refractivity contribution in [3.63, 3.8) is 0 Å². The van der Waals surface area contributed by atoms with E-state index in [2.05, 4.69) is 31.0 Å². The molecule has 0 radical (unpaired) electrons. The summed E-state index contributed by atoms with van der Waals surface area (Å²) in [4.78, 5) is 0. The van der Waals surface area contributed by atoms with E-state index >= 15 is 0 Å². The Kier molecular flexibility index (Phi) is 4.29. The Morgan fingerprint density at radius 3 is 2.37 bits per heavy atom. The first kappa shape index (κ1) is 14.5. The lowest BCUT2D eigenvalue weighted by atomic mass is 9.70. The van der Waals surface area contributed by atoms with Crippen LogP contribution >= 0.6 is 0 Å². The lowest BCUT2D eigenvalue weighted by Crippen LogP contribution is -2.25. The number of hydrogen-bond donors (Lipinski definition) is 1. The maximum Gasteiger partial charge on any atom is 0.233 e. The van der Waals surface area contributed by atoms with Crippen LogP contribution in [0.5, 0.6) is 0 Å². The Labute approximate surface area is 116 Å². The smallest absolute Gasteiger partial charge is 0.233 e. The molecule has 4 heteroatoms. The Balaban J connectivity index is 1.96. The second kappa shape index (κ2) is 5.61. The van der Waals surface area contributed by atoms with Crippen molar-refractivity contribution in [1.29, 1.82) is 0 Å². The molecule has 1 atom stereocenters. The number of nitrogens with two attached hydrogens (primary N) is 1. The fraction of sp³-hybridized carbons (Fsp3) is 0.867. The molecule has 1 unspecified atom stereocenters. The lowest BCUT2D eigenvalue weighted by Gasteiger charge is -2.36. The monoisotopic (exact) mass is 265 g/mol. The number of nitrogens with zero attached hydrogens (tertiary/aromatic N) is 2. The van der Waals surface area contributed by atoms with E-state index in [0.717, 1.165) is 31.1 Å². The molecule has 0 bridgehead atoms. The molecule has 4 nitrogen and oxygen atoms in total. The summed E-state index contributed by atoms with van der Waals surface area (Å²) in [6.07, 6.45) is 5.66. The van der Waals surface area contributed by atoms with Crippen LogP contribution in [0.25, 0.3) is 0 Å². The maximum absolute atomic E-state index is 5.92. The zero-order chi connectivity index (χ0) is 14.0. The Bertz CT molecular complexity index is 400. The molecule has 0 spiro atoms. The van der Waals surface area contributed by atoms with Crippen LogP contribution < -0.4 is 5.73 Å². The van der Waals surface area contributed by atoms with Gasteiger partial charge in [-0.25, -0.2) is 0 Å². The SMILES string of the molecule is CCC(N)c1nnc(C2CCC(C(C)(C)C)CC2)o1. The molecule has 19 heavy (non-hydrogen) atoms. The molecule has 0 aromatic carbocycles. The topological polar surface area (TPSA) is 64.9 Å². The van der Waals surface area contributed by atoms with Crippen molar-refractivity contribution >= 4 is 0 Å². The zero-order valence-corrected chi connectivity index (χ0v) is 12.6. The first-order valence-electron chi connectivity index (χ1n) is 7.50. The van der Waals surface area contributed by atoms with Crippen LogP contribution in [0.3, 0.4) is 0 Å². The van der Waals surface area contributed by atoms with Gasteiger partial charge in [0.05, 0.1) is 6.04 Å². The van der Waals surface area contributed by atoms with Gasteiger partial charge in [-0.1, -0.05) is 27.7 Å². The lowest BCUT2D eigenvalue weighted by molar-refractivity contribution is 0.161. The molecule has 1 aromatic rings. The van der Waals surface area contributed by atoms with E-state index in [9.17, 15) is 0 Å². The van der Waals surface area contributed by atoms with Gasteiger partial charge in [-0.2, -0.15) is 0 Å². The predicted octanol–water partition coefficient (Wildman–Crippen LogP) is 3.80. The highest BCUT2D eigenvalue weighted by atomic mass is 16.4. The normalized spacial score (nSPS) is 26.4. The van der Waals surface area contributed by atoms with Gasteiger partial charge in [0, 0.05) is 5.92 Å². The van der Waals surface area contributed by atoms with E-state index in [1.165, 1.54) is 12.8 Å². The average molecular weight is 265 g/mol. The first-order chi connectivity index (χ1) is 8.91. The molecule has 1 heterocycles. The van der Waals surface area contributed by atoms with Crippen molar-refractivity contribution in [2.45, 2.75) is 71.8 Å². The molecule has 2 N–H and O–H groups in total. The van der Waals surface area contributed by atoms with Crippen LogP contribution in [-0.2, 0) is 0 Å². The second-order valence-corrected chi connectivity index (χ2v) is 6.91. The molecule has 0 saturated heterocycles. The highest BCUT2D eigenvalue weighted by Crippen LogP contribution is 2.42. The van der Waals surface area contributed by atoms with Crippen molar-refractivity contribution in [2.75, 3.05) is 0 Å². The van der Waals surface area contributed by atoms with Crippen LogP contribution in [0.1, 0.15) is 83.5 Å². The number of aromatic nitrogens is 2. The number of hydrogen-bond acceptors (Lipinski definition) is 4. The van der Waals surface area contributed by atoms with E-state index in [4.69, 9.17) is 10.2 Å². The highest BCUT2D eigenvalue weighted by molar-refractivity contribution is 4.97. The van der Waals surface area contributed by atoms with Crippen LogP contribution in [0.15, 0.2) is 4.42 Å². The average Bonchev–Trinajstić information content (AvgIpc) is 2.86. The van der Waals surface area contributed by atoms with Crippen molar-refractivity contribution in [2.24, 2.45) is 17.1 Å². The van der Waals surface area contributed by atoms with E-state index in [-0.39, 0.29) is 6.04 Å². The van der Waals surface area contributed by atoms with Gasteiger partial charge in [-0.3, -0.25) is 0 Å². The van der Waals surface area contributed by atoms with Crippen LogP contribution in [-0.4, -0.2) is 10.2 Å². The summed E-state index contributed by atoms with van der Waals surface area (Å²) in [5.74, 6) is 2.63. The summed E-state index contributed by atoms with van der Waals surface area (Å²) in [7, 11) is 0. The molecule has 1 aliphatic rings. The molecule has 2 rings (SSSR count). The third-order valence-corrected chi connectivity index (χ3v) is 4.51. The fourth-order valence-corrected chi connectivity index (χ4v) is 2.94. The minimum absolute atomic E-state index is 0.118. The Hall–Kier alpha value is -0.900. The predicted molar refractivity (Wildman–Crippen MR) is 75.7 cm³/mol. The second-order valence-electron chi connectivity index (χ2n) is 6.91. The molecular formula is C15H27N3O. The van der Waals surface area contributed by atoms with E-state index in [1.54, 1.807) is 0 Å². The minimum atomic E-state index is -0.118. The van der Waals surface area contributed by atoms with E-state index < -0.39 is 0 Å². The van der Waals surface area contributed by atoms with Crippen LogP contribution in [0.2, 0.25) is 0 Å². The number of rotatable bonds is 3. The molecule has 1 fully saturated rings. The summed E-state index contributed by atoms with van der Waals surface area (Å²) in [5.41, 5.74) is 6.33. The van der Waals surface area contributed by atoms with Gasteiger partial charge >= 0.3 is 0 Å².